The fourth-order valence-electron chi connectivity index (χ4n) is 2.37. The van der Waals surface area contributed by atoms with Gasteiger partial charge < -0.3 is 4.48 Å². The van der Waals surface area contributed by atoms with Gasteiger partial charge in [0.2, 0.25) is 5.37 Å². The second-order valence-corrected chi connectivity index (χ2v) is 5.97. The van der Waals surface area contributed by atoms with Crippen molar-refractivity contribution < 1.29 is 17.5 Å². The van der Waals surface area contributed by atoms with Crippen LogP contribution < -0.4 is 0 Å². The molecule has 1 N–H and O–H groups in total. The minimum absolute atomic E-state index is 0.493. The molecule has 4 nitrogen and oxygen atoms in total. The molecule has 0 bridgehead atoms. The monoisotopic (exact) mass is 222 g/mol. The van der Waals surface area contributed by atoms with E-state index >= 15 is 0 Å². The van der Waals surface area contributed by atoms with E-state index in [1.54, 1.807) is 0 Å². The smallest absolute Gasteiger partial charge is 0.309 e. The zero-order valence-corrected chi connectivity index (χ0v) is 9.76. The van der Waals surface area contributed by atoms with Crippen LogP contribution in [-0.4, -0.2) is 43.0 Å². The van der Waals surface area contributed by atoms with Crippen LogP contribution in [0.4, 0.5) is 0 Å². The highest BCUT2D eigenvalue weighted by atomic mass is 32.2. The van der Waals surface area contributed by atoms with Crippen molar-refractivity contribution in [1.82, 2.24) is 0 Å². The molecule has 1 atom stereocenters. The van der Waals surface area contributed by atoms with Crippen molar-refractivity contribution >= 4 is 10.1 Å². The first-order valence-corrected chi connectivity index (χ1v) is 6.71. The molecule has 84 valence electrons. The van der Waals surface area contributed by atoms with Crippen molar-refractivity contribution in [2.75, 3.05) is 20.1 Å². The molecule has 0 aliphatic carbocycles. The van der Waals surface area contributed by atoms with Gasteiger partial charge >= 0.3 is 10.1 Å². The molecule has 0 saturated carbocycles. The first kappa shape index (κ1) is 11.9. The van der Waals surface area contributed by atoms with Gasteiger partial charge in [-0.2, -0.15) is 8.42 Å². The molecule has 5 heteroatoms. The third kappa shape index (κ3) is 2.46. The molecular formula is C9H20NO3S+. The predicted octanol–water partition coefficient (Wildman–Crippen LogP) is 1.24. The molecule has 0 aromatic rings. The predicted molar refractivity (Wildman–Crippen MR) is 55.4 cm³/mol. The normalized spacial score (nSPS) is 23.6. The Kier molecular flexibility index (Phi) is 3.55. The van der Waals surface area contributed by atoms with E-state index < -0.39 is 15.5 Å². The summed E-state index contributed by atoms with van der Waals surface area (Å²) in [5.74, 6) is 0. The van der Waals surface area contributed by atoms with Crippen LogP contribution in [0, 0.1) is 0 Å². The van der Waals surface area contributed by atoms with Crippen LogP contribution in [0.25, 0.3) is 0 Å². The molecular weight excluding hydrogens is 202 g/mol. The molecule has 1 fully saturated rings. The lowest BCUT2D eigenvalue weighted by atomic mass is 10.3. The van der Waals surface area contributed by atoms with E-state index in [1.165, 1.54) is 0 Å². The maximum atomic E-state index is 11.3. The van der Waals surface area contributed by atoms with E-state index in [4.69, 9.17) is 0 Å². The number of quaternary nitrogens is 1. The second kappa shape index (κ2) is 4.16. The minimum Gasteiger partial charge on any atom is -0.309 e. The van der Waals surface area contributed by atoms with Gasteiger partial charge in [-0.25, -0.2) is 0 Å². The van der Waals surface area contributed by atoms with Crippen molar-refractivity contribution in [3.05, 3.63) is 0 Å². The summed E-state index contributed by atoms with van der Waals surface area (Å²) in [6.45, 7) is 3.68. The number of nitrogens with zero attached hydrogens (tertiary/aromatic N) is 1. The lowest BCUT2D eigenvalue weighted by molar-refractivity contribution is -0.909. The molecule has 0 aromatic heterocycles. The molecule has 0 amide bonds. The Balaban J connectivity index is 2.87. The lowest BCUT2D eigenvalue weighted by Gasteiger charge is -2.35. The summed E-state index contributed by atoms with van der Waals surface area (Å²) in [7, 11) is -1.97. The second-order valence-electron chi connectivity index (χ2n) is 4.39. The first-order chi connectivity index (χ1) is 6.40. The van der Waals surface area contributed by atoms with Gasteiger partial charge in [0.15, 0.2) is 0 Å². The lowest BCUT2D eigenvalue weighted by Crippen LogP contribution is -2.53. The molecule has 1 unspecified atom stereocenters. The molecule has 1 heterocycles. The van der Waals surface area contributed by atoms with Crippen molar-refractivity contribution in [1.29, 1.82) is 0 Å². The number of hydrogen-bond donors (Lipinski definition) is 1. The summed E-state index contributed by atoms with van der Waals surface area (Å²) in [5, 5.41) is -0.616. The summed E-state index contributed by atoms with van der Waals surface area (Å²) >= 11 is 0. The Morgan fingerprint density at radius 3 is 2.21 bits per heavy atom. The highest BCUT2D eigenvalue weighted by Crippen LogP contribution is 2.26. The maximum absolute atomic E-state index is 11.3. The van der Waals surface area contributed by atoms with E-state index in [2.05, 4.69) is 0 Å². The van der Waals surface area contributed by atoms with Gasteiger partial charge in [0.25, 0.3) is 0 Å². The van der Waals surface area contributed by atoms with Gasteiger partial charge in [-0.15, -0.1) is 0 Å². The van der Waals surface area contributed by atoms with Crippen LogP contribution in [0.5, 0.6) is 0 Å². The van der Waals surface area contributed by atoms with E-state index in [0.29, 0.717) is 10.9 Å². The van der Waals surface area contributed by atoms with Gasteiger partial charge in [0, 0.05) is 19.3 Å². The Bertz CT molecular complexity index is 280. The molecule has 1 saturated heterocycles. The first-order valence-electron chi connectivity index (χ1n) is 5.20. The topological polar surface area (TPSA) is 54.4 Å². The Hall–Kier alpha value is -0.130. The summed E-state index contributed by atoms with van der Waals surface area (Å²) in [6.07, 6.45) is 3.46. The van der Waals surface area contributed by atoms with Crippen molar-refractivity contribution in [3.8, 4) is 0 Å². The number of hydrogen-bond acceptors (Lipinski definition) is 2. The molecule has 0 aromatic carbocycles. The third-order valence-electron chi connectivity index (χ3n) is 3.16. The molecule has 14 heavy (non-hydrogen) atoms. The van der Waals surface area contributed by atoms with Gasteiger partial charge in [-0.1, -0.05) is 6.92 Å². The van der Waals surface area contributed by atoms with Crippen LogP contribution in [0.3, 0.4) is 0 Å². The fourth-order valence-corrected chi connectivity index (χ4v) is 3.76. The van der Waals surface area contributed by atoms with Crippen LogP contribution >= 0.6 is 0 Å². The van der Waals surface area contributed by atoms with Crippen molar-refractivity contribution in [3.63, 3.8) is 0 Å². The fraction of sp³-hybridized carbons (Fsp3) is 1.00. The molecule has 0 radical (unpaired) electrons. The zero-order chi connectivity index (χ0) is 10.8. The largest absolute Gasteiger partial charge is 0.319 e. The van der Waals surface area contributed by atoms with Crippen molar-refractivity contribution in [2.24, 2.45) is 0 Å². The summed E-state index contributed by atoms with van der Waals surface area (Å²) in [4.78, 5) is 0. The van der Waals surface area contributed by atoms with Gasteiger partial charge in [-0.3, -0.25) is 4.55 Å². The number of likely N-dealkylation sites (tertiary alicyclic amines) is 1. The minimum atomic E-state index is -3.90. The number of rotatable bonds is 4. The average molecular weight is 222 g/mol. The molecule has 1 aliphatic rings. The van der Waals surface area contributed by atoms with E-state index in [0.717, 1.165) is 32.4 Å². The van der Waals surface area contributed by atoms with Gasteiger partial charge in [0.1, 0.15) is 0 Å². The Labute approximate surface area is 86.3 Å². The van der Waals surface area contributed by atoms with Crippen LogP contribution in [-0.2, 0) is 10.1 Å². The van der Waals surface area contributed by atoms with Gasteiger partial charge in [0.05, 0.1) is 20.1 Å². The maximum Gasteiger partial charge on any atom is 0.319 e. The quantitative estimate of drug-likeness (QED) is 0.575. The van der Waals surface area contributed by atoms with E-state index in [-0.39, 0.29) is 0 Å². The Morgan fingerprint density at radius 2 is 1.86 bits per heavy atom. The van der Waals surface area contributed by atoms with Crippen molar-refractivity contribution in [2.45, 2.75) is 38.0 Å². The summed E-state index contributed by atoms with van der Waals surface area (Å²) in [5.41, 5.74) is 0. The molecule has 1 rings (SSSR count). The molecule has 1 aliphatic heterocycles. The van der Waals surface area contributed by atoms with E-state index in [1.807, 2.05) is 14.0 Å². The van der Waals surface area contributed by atoms with Crippen LogP contribution in [0.2, 0.25) is 0 Å². The molecule has 0 spiro atoms. The van der Waals surface area contributed by atoms with Crippen LogP contribution in [0.1, 0.15) is 32.6 Å². The van der Waals surface area contributed by atoms with Gasteiger partial charge in [-0.05, 0) is 6.42 Å². The SMILES string of the molecule is CCCC([N+]1(C)CCCC1)S(=O)(=O)O. The summed E-state index contributed by atoms with van der Waals surface area (Å²) < 4.78 is 32.2. The van der Waals surface area contributed by atoms with Crippen LogP contribution in [0.15, 0.2) is 0 Å². The van der Waals surface area contributed by atoms with E-state index in [9.17, 15) is 13.0 Å². The Morgan fingerprint density at radius 1 is 1.36 bits per heavy atom. The standard InChI is InChI=1S/C9H19NO3S/c1-3-6-9(14(11,12)13)10(2)7-4-5-8-10/h9H,3-8H2,1-2H3/p+1. The zero-order valence-electron chi connectivity index (χ0n) is 8.94. The third-order valence-corrected chi connectivity index (χ3v) is 4.59. The highest BCUT2D eigenvalue weighted by Gasteiger charge is 2.42. The average Bonchev–Trinajstić information content (AvgIpc) is 2.46. The summed E-state index contributed by atoms with van der Waals surface area (Å²) in [6, 6.07) is 0. The highest BCUT2D eigenvalue weighted by molar-refractivity contribution is 7.86.